The fraction of sp³-hybridized carbons (Fsp3) is 0.600. The van der Waals surface area contributed by atoms with Crippen LogP contribution in [0.2, 0.25) is 0 Å². The smallest absolute Gasteiger partial charge is 0.461 e. The lowest BCUT2D eigenvalue weighted by atomic mass is 10.0. The molecule has 9 atom stereocenters. The lowest BCUT2D eigenvalue weighted by molar-refractivity contribution is -0.173. The number of hydrogen-bond donors (Lipinski definition) is 9. The van der Waals surface area contributed by atoms with Gasteiger partial charge in [0.2, 0.25) is 0 Å². The molecule has 1 unspecified atom stereocenters. The van der Waals surface area contributed by atoms with Gasteiger partial charge in [-0.15, -0.1) is 0 Å². The van der Waals surface area contributed by atoms with Crippen molar-refractivity contribution in [2.75, 3.05) is 6.61 Å². The zero-order valence-corrected chi connectivity index (χ0v) is 19.8. The Labute approximate surface area is 204 Å². The Morgan fingerprint density at radius 1 is 1.14 bits per heavy atom. The lowest BCUT2D eigenvalue weighted by Gasteiger charge is -2.26. The van der Waals surface area contributed by atoms with Gasteiger partial charge in [0.05, 0.1) is 0 Å². The number of aliphatic hydroxyl groups excluding tert-OH is 5. The third-order valence-electron chi connectivity index (χ3n) is 4.70. The molecule has 0 aromatic carbocycles. The van der Waals surface area contributed by atoms with Crippen LogP contribution in [0.4, 0.5) is 0 Å². The van der Waals surface area contributed by atoms with Gasteiger partial charge in [-0.25, -0.2) is 18.7 Å². The minimum atomic E-state index is -5.69. The van der Waals surface area contributed by atoms with Crippen molar-refractivity contribution in [2.45, 2.75) is 49.0 Å². The summed E-state index contributed by atoms with van der Waals surface area (Å²) >= 11 is 0. The van der Waals surface area contributed by atoms with Crippen LogP contribution in [0, 0.1) is 0 Å². The molecule has 22 heteroatoms. The maximum atomic E-state index is 12.1. The maximum Gasteiger partial charge on any atom is 0.481 e. The molecule has 210 valence electrons. The van der Waals surface area contributed by atoms with Crippen LogP contribution in [0.5, 0.6) is 0 Å². The Kier molecular flexibility index (Phi) is 10.2. The minimum absolute atomic E-state index is 0.416. The van der Waals surface area contributed by atoms with E-state index in [2.05, 4.69) is 13.6 Å². The van der Waals surface area contributed by atoms with Gasteiger partial charge in [0.25, 0.3) is 5.56 Å². The number of hydrogen-bond acceptors (Lipinski definition) is 15. The summed E-state index contributed by atoms with van der Waals surface area (Å²) in [6.45, 7) is -0.902. The van der Waals surface area contributed by atoms with E-state index < -0.39 is 94.7 Å². The van der Waals surface area contributed by atoms with E-state index in [-0.39, 0.29) is 0 Å². The molecule has 9 N–H and O–H groups in total. The second-order valence-electron chi connectivity index (χ2n) is 7.37. The predicted molar refractivity (Wildman–Crippen MR) is 110 cm³/mol. The lowest BCUT2D eigenvalue weighted by Crippen LogP contribution is -2.49. The van der Waals surface area contributed by atoms with Gasteiger partial charge in [0.15, 0.2) is 24.7 Å². The third kappa shape index (κ3) is 8.16. The number of carbonyl (C=O) groups is 2. The van der Waals surface area contributed by atoms with Crippen LogP contribution in [-0.4, -0.2) is 111 Å². The summed E-state index contributed by atoms with van der Waals surface area (Å²) in [4.78, 5) is 74.3. The number of aliphatic hydroxyl groups is 5. The SMILES string of the molecule is O=C[C@H](OP(=O)(O)OP(=O)(O)O)[C@@H](O)[C@@H](O)[C@H](O)C(=O)OC[C@H]1O[C@@H](n2ccc(=O)[nH]c2=O)[C@H](O)[C@@H]1O. The molecule has 0 spiro atoms. The van der Waals surface area contributed by atoms with Crippen LogP contribution in [0.25, 0.3) is 0 Å². The molecule has 1 aromatic rings. The summed E-state index contributed by atoms with van der Waals surface area (Å²) in [5, 5.41) is 50.0. The number of aldehydes is 1. The number of nitrogens with zero attached hydrogens (tertiary/aromatic N) is 1. The molecule has 0 aliphatic carbocycles. The Balaban J connectivity index is 2.00. The molecule has 20 nitrogen and oxygen atoms in total. The number of esters is 1. The summed E-state index contributed by atoms with van der Waals surface area (Å²) < 4.78 is 40.2. The van der Waals surface area contributed by atoms with Crippen molar-refractivity contribution in [3.8, 4) is 0 Å². The van der Waals surface area contributed by atoms with Gasteiger partial charge >= 0.3 is 27.3 Å². The molecule has 1 aromatic heterocycles. The van der Waals surface area contributed by atoms with Gasteiger partial charge in [-0.05, 0) is 0 Å². The van der Waals surface area contributed by atoms with E-state index >= 15 is 0 Å². The Morgan fingerprint density at radius 2 is 1.76 bits per heavy atom. The number of aromatic amines is 1. The highest BCUT2D eigenvalue weighted by Crippen LogP contribution is 2.58. The predicted octanol–water partition coefficient (Wildman–Crippen LogP) is -5.42. The molecule has 2 rings (SSSR count). The van der Waals surface area contributed by atoms with Crippen molar-refractivity contribution in [2.24, 2.45) is 0 Å². The third-order valence-corrected chi connectivity index (χ3v) is 6.89. The number of nitrogens with one attached hydrogen (secondary N) is 1. The average Bonchev–Trinajstić information content (AvgIpc) is 3.06. The van der Waals surface area contributed by atoms with Crippen LogP contribution in [0.15, 0.2) is 21.9 Å². The van der Waals surface area contributed by atoms with Crippen molar-refractivity contribution in [1.29, 1.82) is 0 Å². The number of phosphoric acid groups is 2. The highest BCUT2D eigenvalue weighted by molar-refractivity contribution is 7.60. The van der Waals surface area contributed by atoms with Crippen LogP contribution < -0.4 is 11.2 Å². The van der Waals surface area contributed by atoms with Crippen LogP contribution in [0.3, 0.4) is 0 Å². The number of phosphoric ester groups is 1. The first-order valence-electron chi connectivity index (χ1n) is 9.74. The number of rotatable bonds is 12. The molecule has 2 heterocycles. The monoisotopic (exact) mass is 580 g/mol. The Hall–Kier alpha value is -2.16. The van der Waals surface area contributed by atoms with Gasteiger partial charge in [0.1, 0.15) is 37.1 Å². The van der Waals surface area contributed by atoms with Gasteiger partial charge in [0, 0.05) is 12.3 Å². The zero-order chi connectivity index (χ0) is 28.3. The zero-order valence-electron chi connectivity index (χ0n) is 18.1. The first-order valence-corrected chi connectivity index (χ1v) is 12.8. The molecule has 1 saturated heterocycles. The van der Waals surface area contributed by atoms with E-state index in [0.717, 1.165) is 16.8 Å². The fourth-order valence-electron chi connectivity index (χ4n) is 2.97. The first kappa shape index (κ1) is 31.1. The molecule has 0 saturated carbocycles. The summed E-state index contributed by atoms with van der Waals surface area (Å²) in [6.07, 6.45) is -16.5. The number of ether oxygens (including phenoxy) is 2. The van der Waals surface area contributed by atoms with Crippen molar-refractivity contribution >= 4 is 27.9 Å². The van der Waals surface area contributed by atoms with Gasteiger partial charge < -0.3 is 54.5 Å². The molecule has 1 fully saturated rings. The second kappa shape index (κ2) is 12.1. The van der Waals surface area contributed by atoms with Crippen molar-refractivity contribution < 1.29 is 77.2 Å². The maximum absolute atomic E-state index is 12.1. The highest BCUT2D eigenvalue weighted by atomic mass is 31.3. The standard InChI is InChI=1S/C15H22N2O18P2/c18-3-5(34-37(30,31)35-36(27,28)29)8(20)10(22)12(24)14(25)32-4-6-9(21)11(23)13(33-6)17-2-1-7(19)16-15(17)26/h1-3,5-6,8-13,20-24H,4H2,(H,30,31)(H,16,19,26)(H2,27,28,29)/t5-,6+,8+,9+,10+,11+,12-,13+/m0/s1. The topological polar surface area (TPSA) is 322 Å². The van der Waals surface area contributed by atoms with Gasteiger partial charge in [-0.3, -0.25) is 18.9 Å². The van der Waals surface area contributed by atoms with Gasteiger partial charge in [-0.1, -0.05) is 0 Å². The summed E-state index contributed by atoms with van der Waals surface area (Å²) in [5.74, 6) is -1.70. The van der Waals surface area contributed by atoms with Crippen molar-refractivity contribution in [3.05, 3.63) is 33.1 Å². The number of carbonyl (C=O) groups excluding carboxylic acids is 2. The first-order chi connectivity index (χ1) is 17.0. The van der Waals surface area contributed by atoms with Crippen molar-refractivity contribution in [1.82, 2.24) is 9.55 Å². The highest BCUT2D eigenvalue weighted by Gasteiger charge is 2.46. The number of aromatic nitrogens is 2. The molecule has 0 amide bonds. The Morgan fingerprint density at radius 3 is 2.30 bits per heavy atom. The van der Waals surface area contributed by atoms with Crippen molar-refractivity contribution in [3.63, 3.8) is 0 Å². The Bertz CT molecular complexity index is 1180. The largest absolute Gasteiger partial charge is 0.481 e. The summed E-state index contributed by atoms with van der Waals surface area (Å²) in [6, 6.07) is 0.921. The summed E-state index contributed by atoms with van der Waals surface area (Å²) in [5.41, 5.74) is -1.76. The van der Waals surface area contributed by atoms with E-state index in [1.165, 1.54) is 0 Å². The molecule has 1 aliphatic rings. The second-order valence-corrected chi connectivity index (χ2v) is 10.1. The molecular weight excluding hydrogens is 558 g/mol. The normalized spacial score (nSPS) is 27.0. The fourth-order valence-corrected chi connectivity index (χ4v) is 4.68. The van der Waals surface area contributed by atoms with E-state index in [9.17, 15) is 58.7 Å². The molecule has 0 radical (unpaired) electrons. The summed E-state index contributed by atoms with van der Waals surface area (Å²) in [7, 11) is -11.3. The van der Waals surface area contributed by atoms with E-state index in [0.29, 0.717) is 0 Å². The average molecular weight is 580 g/mol. The molecule has 1 aliphatic heterocycles. The quantitative estimate of drug-likeness (QED) is 0.0632. The van der Waals surface area contributed by atoms with Crippen LogP contribution in [-0.2, 0) is 37.0 Å². The van der Waals surface area contributed by atoms with Crippen LogP contribution in [0.1, 0.15) is 6.23 Å². The minimum Gasteiger partial charge on any atom is -0.461 e. The van der Waals surface area contributed by atoms with Gasteiger partial charge in [-0.2, -0.15) is 4.31 Å². The van der Waals surface area contributed by atoms with E-state index in [1.807, 2.05) is 4.98 Å². The molecule has 0 bridgehead atoms. The van der Waals surface area contributed by atoms with Crippen LogP contribution >= 0.6 is 15.6 Å². The van der Waals surface area contributed by atoms with E-state index in [1.54, 1.807) is 0 Å². The molecular formula is C15H22N2O18P2. The molecule has 37 heavy (non-hydrogen) atoms. The van der Waals surface area contributed by atoms with E-state index in [4.69, 9.17) is 14.5 Å². The number of H-pyrrole nitrogens is 1.